The van der Waals surface area contributed by atoms with Gasteiger partial charge in [-0.2, -0.15) is 15.0 Å². The highest BCUT2D eigenvalue weighted by atomic mass is 35.5. The Morgan fingerprint density at radius 3 is 2.30 bits per heavy atom. The first-order chi connectivity index (χ1) is 9.61. The van der Waals surface area contributed by atoms with Crippen LogP contribution in [-0.4, -0.2) is 40.8 Å². The number of aromatic nitrogens is 3. The largest absolute Gasteiger partial charge is 0.379 e. The molecule has 114 valence electrons. The first-order valence-electron chi connectivity index (χ1n) is 7.12. The van der Waals surface area contributed by atoms with Crippen LogP contribution in [0.15, 0.2) is 0 Å². The maximum Gasteiger partial charge on any atom is 0.228 e. The normalized spacial score (nSPS) is 10.8. The summed E-state index contributed by atoms with van der Waals surface area (Å²) in [7, 11) is 0. The number of rotatable bonds is 10. The topological polar surface area (TPSA) is 72.0 Å². The van der Waals surface area contributed by atoms with E-state index in [1.165, 1.54) is 0 Å². The van der Waals surface area contributed by atoms with E-state index >= 15 is 0 Å². The summed E-state index contributed by atoms with van der Waals surface area (Å²) in [6.07, 6.45) is 3.29. The molecule has 0 aliphatic rings. The molecular formula is C13H24ClN5O. The molecule has 1 heterocycles. The molecule has 0 bridgehead atoms. The second-order valence-electron chi connectivity index (χ2n) is 4.73. The SMILES string of the molecule is CCCNc1nc(Cl)nc(NCCCCOC(C)C)n1. The van der Waals surface area contributed by atoms with Gasteiger partial charge in [-0.1, -0.05) is 6.92 Å². The molecule has 0 aromatic carbocycles. The minimum Gasteiger partial charge on any atom is -0.379 e. The van der Waals surface area contributed by atoms with E-state index in [2.05, 4.69) is 32.5 Å². The number of ether oxygens (including phenoxy) is 1. The maximum atomic E-state index is 5.86. The van der Waals surface area contributed by atoms with Gasteiger partial charge in [0.05, 0.1) is 6.10 Å². The van der Waals surface area contributed by atoms with Crippen LogP contribution in [0, 0.1) is 0 Å². The summed E-state index contributed by atoms with van der Waals surface area (Å²) in [5, 5.41) is 6.44. The average molecular weight is 302 g/mol. The quantitative estimate of drug-likeness (QED) is 0.647. The van der Waals surface area contributed by atoms with Crippen LogP contribution >= 0.6 is 11.6 Å². The number of nitrogens with one attached hydrogen (secondary N) is 2. The van der Waals surface area contributed by atoms with Gasteiger partial charge in [0.25, 0.3) is 0 Å². The average Bonchev–Trinajstić information content (AvgIpc) is 2.39. The van der Waals surface area contributed by atoms with Gasteiger partial charge in [0, 0.05) is 19.7 Å². The molecule has 0 fully saturated rings. The van der Waals surface area contributed by atoms with Crippen LogP contribution in [0.1, 0.15) is 40.0 Å². The van der Waals surface area contributed by atoms with Crippen LogP contribution in [0.2, 0.25) is 5.28 Å². The van der Waals surface area contributed by atoms with Gasteiger partial charge in [-0.05, 0) is 44.7 Å². The lowest BCUT2D eigenvalue weighted by atomic mass is 10.3. The molecule has 0 saturated heterocycles. The summed E-state index contributed by atoms with van der Waals surface area (Å²) in [6, 6.07) is 0. The molecule has 0 spiro atoms. The van der Waals surface area contributed by atoms with Gasteiger partial charge in [0.2, 0.25) is 17.2 Å². The Hall–Kier alpha value is -1.14. The van der Waals surface area contributed by atoms with E-state index in [4.69, 9.17) is 16.3 Å². The Bertz CT molecular complexity index is 389. The first-order valence-corrected chi connectivity index (χ1v) is 7.50. The standard InChI is InChI=1S/C13H24ClN5O/c1-4-7-15-12-17-11(14)18-13(19-12)16-8-5-6-9-20-10(2)3/h10H,4-9H2,1-3H3,(H2,15,16,17,18,19). The molecule has 2 N–H and O–H groups in total. The molecule has 0 unspecified atom stereocenters. The van der Waals surface area contributed by atoms with E-state index in [-0.39, 0.29) is 11.4 Å². The molecule has 0 amide bonds. The summed E-state index contributed by atoms with van der Waals surface area (Å²) < 4.78 is 5.48. The highest BCUT2D eigenvalue weighted by molar-refractivity contribution is 6.28. The van der Waals surface area contributed by atoms with E-state index < -0.39 is 0 Å². The van der Waals surface area contributed by atoms with Crippen LogP contribution in [0.25, 0.3) is 0 Å². The van der Waals surface area contributed by atoms with Crippen LogP contribution in [-0.2, 0) is 4.74 Å². The maximum absolute atomic E-state index is 5.86. The van der Waals surface area contributed by atoms with Crippen molar-refractivity contribution in [2.75, 3.05) is 30.3 Å². The Labute approximate surface area is 125 Å². The van der Waals surface area contributed by atoms with E-state index in [0.717, 1.165) is 39.0 Å². The zero-order valence-electron chi connectivity index (χ0n) is 12.4. The molecule has 0 radical (unpaired) electrons. The van der Waals surface area contributed by atoms with Crippen molar-refractivity contribution in [2.45, 2.75) is 46.1 Å². The highest BCUT2D eigenvalue weighted by Crippen LogP contribution is 2.09. The number of halogens is 1. The summed E-state index contributed by atoms with van der Waals surface area (Å²) in [5.41, 5.74) is 0. The molecule has 1 aromatic heterocycles. The minimum atomic E-state index is 0.198. The van der Waals surface area contributed by atoms with Crippen molar-refractivity contribution < 1.29 is 4.74 Å². The molecule has 0 saturated carbocycles. The van der Waals surface area contributed by atoms with Gasteiger partial charge in [0.1, 0.15) is 0 Å². The van der Waals surface area contributed by atoms with Crippen LogP contribution in [0.5, 0.6) is 0 Å². The lowest BCUT2D eigenvalue weighted by Crippen LogP contribution is -2.11. The number of anilines is 2. The van der Waals surface area contributed by atoms with E-state index in [0.29, 0.717) is 11.9 Å². The third-order valence-corrected chi connectivity index (χ3v) is 2.62. The zero-order chi connectivity index (χ0) is 14.8. The molecule has 1 rings (SSSR count). The third-order valence-electron chi connectivity index (χ3n) is 2.45. The van der Waals surface area contributed by atoms with Gasteiger partial charge in [0.15, 0.2) is 0 Å². The summed E-state index contributed by atoms with van der Waals surface area (Å²) >= 11 is 5.86. The third kappa shape index (κ3) is 7.45. The highest BCUT2D eigenvalue weighted by Gasteiger charge is 2.03. The van der Waals surface area contributed by atoms with E-state index in [1.54, 1.807) is 0 Å². The predicted octanol–water partition coefficient (Wildman–Crippen LogP) is 2.96. The molecule has 0 aliphatic carbocycles. The van der Waals surface area contributed by atoms with Crippen LogP contribution in [0.3, 0.4) is 0 Å². The van der Waals surface area contributed by atoms with Crippen molar-refractivity contribution in [2.24, 2.45) is 0 Å². The Kier molecular flexibility index (Phi) is 8.22. The second-order valence-corrected chi connectivity index (χ2v) is 5.07. The summed E-state index contributed by atoms with van der Waals surface area (Å²) in [6.45, 7) is 8.53. The number of hydrogen-bond donors (Lipinski definition) is 2. The Morgan fingerprint density at radius 2 is 1.70 bits per heavy atom. The zero-order valence-corrected chi connectivity index (χ0v) is 13.2. The lowest BCUT2D eigenvalue weighted by Gasteiger charge is -2.09. The van der Waals surface area contributed by atoms with Crippen LogP contribution < -0.4 is 10.6 Å². The monoisotopic (exact) mass is 301 g/mol. The fourth-order valence-corrected chi connectivity index (χ4v) is 1.65. The van der Waals surface area contributed by atoms with Crippen molar-refractivity contribution in [3.8, 4) is 0 Å². The Balaban J connectivity index is 2.30. The van der Waals surface area contributed by atoms with Crippen molar-refractivity contribution >= 4 is 23.5 Å². The summed E-state index contributed by atoms with van der Waals surface area (Å²) in [5.74, 6) is 1.02. The van der Waals surface area contributed by atoms with Crippen molar-refractivity contribution in [1.82, 2.24) is 15.0 Å². The number of unbranched alkanes of at least 4 members (excludes halogenated alkanes) is 1. The minimum absolute atomic E-state index is 0.198. The van der Waals surface area contributed by atoms with Gasteiger partial charge >= 0.3 is 0 Å². The molecule has 20 heavy (non-hydrogen) atoms. The lowest BCUT2D eigenvalue weighted by molar-refractivity contribution is 0.0765. The summed E-state index contributed by atoms with van der Waals surface area (Å²) in [4.78, 5) is 12.3. The predicted molar refractivity (Wildman–Crippen MR) is 82.4 cm³/mol. The van der Waals surface area contributed by atoms with Gasteiger partial charge in [-0.3, -0.25) is 0 Å². The van der Waals surface area contributed by atoms with Crippen molar-refractivity contribution in [3.63, 3.8) is 0 Å². The molecule has 1 aromatic rings. The number of nitrogens with zero attached hydrogens (tertiary/aromatic N) is 3. The Morgan fingerprint density at radius 1 is 1.05 bits per heavy atom. The van der Waals surface area contributed by atoms with Crippen molar-refractivity contribution in [1.29, 1.82) is 0 Å². The van der Waals surface area contributed by atoms with Crippen molar-refractivity contribution in [3.05, 3.63) is 5.28 Å². The van der Waals surface area contributed by atoms with E-state index in [1.807, 2.05) is 13.8 Å². The molecule has 0 atom stereocenters. The second kappa shape index (κ2) is 9.72. The van der Waals surface area contributed by atoms with Gasteiger partial charge in [-0.15, -0.1) is 0 Å². The molecule has 7 heteroatoms. The fourth-order valence-electron chi connectivity index (χ4n) is 1.49. The fraction of sp³-hybridized carbons (Fsp3) is 0.769. The molecule has 0 aliphatic heterocycles. The smallest absolute Gasteiger partial charge is 0.228 e. The number of hydrogen-bond acceptors (Lipinski definition) is 6. The molecule has 6 nitrogen and oxygen atoms in total. The van der Waals surface area contributed by atoms with Gasteiger partial charge < -0.3 is 15.4 Å². The van der Waals surface area contributed by atoms with Gasteiger partial charge in [-0.25, -0.2) is 0 Å². The molecular weight excluding hydrogens is 278 g/mol. The first kappa shape index (κ1) is 16.9. The van der Waals surface area contributed by atoms with Crippen LogP contribution in [0.4, 0.5) is 11.9 Å². The van der Waals surface area contributed by atoms with E-state index in [9.17, 15) is 0 Å².